The third-order valence-corrected chi connectivity index (χ3v) is 5.74. The van der Waals surface area contributed by atoms with Crippen molar-refractivity contribution in [3.8, 4) is 0 Å². The molecule has 0 bridgehead atoms. The monoisotopic (exact) mass is 517 g/mol. The molecular formula is C21H23F3IN3O. The van der Waals surface area contributed by atoms with Gasteiger partial charge in [0.05, 0.1) is 5.56 Å². The quantitative estimate of drug-likeness (QED) is 0.585. The molecule has 0 saturated carbocycles. The van der Waals surface area contributed by atoms with Gasteiger partial charge in [0.1, 0.15) is 0 Å². The number of nitrogens with zero attached hydrogens (tertiary/aromatic N) is 2. The normalized spacial score (nSPS) is 16.0. The highest BCUT2D eigenvalue weighted by molar-refractivity contribution is 14.1. The predicted octanol–water partition coefficient (Wildman–Crippen LogP) is 4.70. The van der Waals surface area contributed by atoms with Gasteiger partial charge >= 0.3 is 6.18 Å². The molecule has 29 heavy (non-hydrogen) atoms. The Morgan fingerprint density at radius 2 is 1.76 bits per heavy atom. The molecule has 1 N–H and O–H groups in total. The summed E-state index contributed by atoms with van der Waals surface area (Å²) < 4.78 is 41.9. The average Bonchev–Trinajstić information content (AvgIpc) is 2.69. The van der Waals surface area contributed by atoms with Gasteiger partial charge in [-0.3, -0.25) is 9.69 Å². The fraction of sp³-hybridized carbons (Fsp3) is 0.381. The van der Waals surface area contributed by atoms with E-state index in [2.05, 4.69) is 39.7 Å². The van der Waals surface area contributed by atoms with E-state index in [-0.39, 0.29) is 17.8 Å². The number of hydrogen-bond acceptors (Lipinski definition) is 3. The fourth-order valence-electron chi connectivity index (χ4n) is 3.39. The fourth-order valence-corrected chi connectivity index (χ4v) is 3.94. The van der Waals surface area contributed by atoms with Crippen LogP contribution in [0.1, 0.15) is 28.4 Å². The smallest absolute Gasteiger partial charge is 0.322 e. The van der Waals surface area contributed by atoms with E-state index in [1.165, 1.54) is 6.07 Å². The van der Waals surface area contributed by atoms with Crippen LogP contribution in [0.3, 0.4) is 0 Å². The number of piperazine rings is 1. The highest BCUT2D eigenvalue weighted by Gasteiger charge is 2.34. The lowest BCUT2D eigenvalue weighted by atomic mass is 10.0. The minimum absolute atomic E-state index is 0.140. The Morgan fingerprint density at radius 1 is 1.07 bits per heavy atom. The van der Waals surface area contributed by atoms with Gasteiger partial charge < -0.3 is 10.2 Å². The lowest BCUT2D eigenvalue weighted by Gasteiger charge is -2.34. The number of amides is 1. The van der Waals surface area contributed by atoms with E-state index in [0.717, 1.165) is 42.4 Å². The molecule has 1 aliphatic heterocycles. The van der Waals surface area contributed by atoms with Crippen molar-refractivity contribution in [1.29, 1.82) is 0 Å². The maximum Gasteiger partial charge on any atom is 0.416 e. The standard InChI is InChI=1S/C21H23F3IN3O/c1-2-27-8-10-28(11-9-27)14-16-6-7-18(13-19(16)21(22,23)24)26-20(29)15-4-3-5-17(25)12-15/h3-7,12-13H,2,8-11,14H2,1H3,(H,26,29). The minimum atomic E-state index is -4.48. The molecule has 1 aliphatic rings. The van der Waals surface area contributed by atoms with Gasteiger partial charge in [0.15, 0.2) is 0 Å². The Labute approximate surface area is 182 Å². The summed E-state index contributed by atoms with van der Waals surface area (Å²) in [6.45, 7) is 6.51. The van der Waals surface area contributed by atoms with Gasteiger partial charge in [-0.15, -0.1) is 0 Å². The number of alkyl halides is 3. The van der Waals surface area contributed by atoms with Crippen LogP contribution in [0.4, 0.5) is 18.9 Å². The van der Waals surface area contributed by atoms with Crippen LogP contribution in [0.25, 0.3) is 0 Å². The highest BCUT2D eigenvalue weighted by atomic mass is 127. The van der Waals surface area contributed by atoms with Gasteiger partial charge in [-0.25, -0.2) is 0 Å². The molecule has 2 aromatic carbocycles. The Balaban J connectivity index is 1.76. The van der Waals surface area contributed by atoms with Gasteiger partial charge in [-0.05, 0) is 65.0 Å². The van der Waals surface area contributed by atoms with Crippen LogP contribution in [-0.4, -0.2) is 48.4 Å². The van der Waals surface area contributed by atoms with Crippen molar-refractivity contribution in [2.75, 3.05) is 38.0 Å². The van der Waals surface area contributed by atoms with Crippen LogP contribution < -0.4 is 5.32 Å². The average molecular weight is 517 g/mol. The van der Waals surface area contributed by atoms with Crippen molar-refractivity contribution >= 4 is 34.2 Å². The lowest BCUT2D eigenvalue weighted by molar-refractivity contribution is -0.138. The van der Waals surface area contributed by atoms with E-state index in [0.29, 0.717) is 5.56 Å². The lowest BCUT2D eigenvalue weighted by Crippen LogP contribution is -2.45. The van der Waals surface area contributed by atoms with Crippen molar-refractivity contribution in [2.24, 2.45) is 0 Å². The number of hydrogen-bond donors (Lipinski definition) is 1. The summed E-state index contributed by atoms with van der Waals surface area (Å²) in [5.74, 6) is -0.430. The second kappa shape index (κ2) is 9.44. The molecule has 156 valence electrons. The molecule has 1 fully saturated rings. The largest absolute Gasteiger partial charge is 0.416 e. The molecule has 1 saturated heterocycles. The molecule has 0 spiro atoms. The van der Waals surface area contributed by atoms with Crippen LogP contribution in [0.5, 0.6) is 0 Å². The first-order valence-electron chi connectivity index (χ1n) is 9.48. The molecule has 0 aromatic heterocycles. The molecular weight excluding hydrogens is 494 g/mol. The first-order chi connectivity index (χ1) is 13.8. The number of carbonyl (C=O) groups excluding carboxylic acids is 1. The highest BCUT2D eigenvalue weighted by Crippen LogP contribution is 2.34. The Kier molecular flexibility index (Phi) is 7.18. The van der Waals surface area contributed by atoms with Crippen molar-refractivity contribution in [2.45, 2.75) is 19.6 Å². The molecule has 2 aromatic rings. The van der Waals surface area contributed by atoms with E-state index >= 15 is 0 Å². The summed E-state index contributed by atoms with van der Waals surface area (Å²) in [7, 11) is 0. The van der Waals surface area contributed by atoms with E-state index in [4.69, 9.17) is 0 Å². The number of nitrogens with one attached hydrogen (secondary N) is 1. The van der Waals surface area contributed by atoms with Gasteiger partial charge in [-0.2, -0.15) is 13.2 Å². The second-order valence-corrected chi connectivity index (χ2v) is 8.29. The number of likely N-dealkylation sites (N-methyl/N-ethyl adjacent to an activating group) is 1. The summed E-state index contributed by atoms with van der Waals surface area (Å²) in [6, 6.07) is 10.9. The van der Waals surface area contributed by atoms with E-state index in [1.807, 2.05) is 11.0 Å². The zero-order valence-corrected chi connectivity index (χ0v) is 18.3. The Hall–Kier alpha value is -1.65. The van der Waals surface area contributed by atoms with E-state index in [9.17, 15) is 18.0 Å². The van der Waals surface area contributed by atoms with Crippen molar-refractivity contribution in [3.63, 3.8) is 0 Å². The van der Waals surface area contributed by atoms with Crippen LogP contribution >= 0.6 is 22.6 Å². The molecule has 3 rings (SSSR count). The van der Waals surface area contributed by atoms with E-state index < -0.39 is 17.6 Å². The molecule has 1 heterocycles. The number of halogens is 4. The maximum atomic E-state index is 13.7. The van der Waals surface area contributed by atoms with Crippen molar-refractivity contribution in [3.05, 3.63) is 62.7 Å². The minimum Gasteiger partial charge on any atom is -0.322 e. The SMILES string of the molecule is CCN1CCN(Cc2ccc(NC(=O)c3cccc(I)c3)cc2C(F)(F)F)CC1. The van der Waals surface area contributed by atoms with Crippen LogP contribution in [0.15, 0.2) is 42.5 Å². The molecule has 1 amide bonds. The summed E-state index contributed by atoms with van der Waals surface area (Å²) in [5.41, 5.74) is 0.0784. The molecule has 0 radical (unpaired) electrons. The molecule has 8 heteroatoms. The van der Waals surface area contributed by atoms with E-state index in [1.54, 1.807) is 24.3 Å². The summed E-state index contributed by atoms with van der Waals surface area (Å²) in [6.07, 6.45) is -4.48. The number of anilines is 1. The number of benzene rings is 2. The third kappa shape index (κ3) is 5.93. The van der Waals surface area contributed by atoms with Crippen LogP contribution in [-0.2, 0) is 12.7 Å². The van der Waals surface area contributed by atoms with Crippen molar-refractivity contribution in [1.82, 2.24) is 9.80 Å². The maximum absolute atomic E-state index is 13.7. The predicted molar refractivity (Wildman–Crippen MR) is 116 cm³/mol. The first kappa shape index (κ1) is 22.0. The molecule has 0 unspecified atom stereocenters. The van der Waals surface area contributed by atoms with Gasteiger partial charge in [-0.1, -0.05) is 19.1 Å². The summed E-state index contributed by atoms with van der Waals surface area (Å²) >= 11 is 2.08. The van der Waals surface area contributed by atoms with Gasteiger partial charge in [0.25, 0.3) is 5.91 Å². The zero-order chi connectivity index (χ0) is 21.0. The van der Waals surface area contributed by atoms with Gasteiger partial charge in [0.2, 0.25) is 0 Å². The summed E-state index contributed by atoms with van der Waals surface area (Å²) in [4.78, 5) is 16.7. The molecule has 0 aliphatic carbocycles. The summed E-state index contributed by atoms with van der Waals surface area (Å²) in [5, 5.41) is 2.58. The molecule has 4 nitrogen and oxygen atoms in total. The third-order valence-electron chi connectivity index (χ3n) is 5.07. The first-order valence-corrected chi connectivity index (χ1v) is 10.6. The van der Waals surface area contributed by atoms with Crippen molar-refractivity contribution < 1.29 is 18.0 Å². The zero-order valence-electron chi connectivity index (χ0n) is 16.1. The van der Waals surface area contributed by atoms with Gasteiger partial charge in [0, 0.05) is 47.5 Å². The van der Waals surface area contributed by atoms with Crippen LogP contribution in [0, 0.1) is 3.57 Å². The topological polar surface area (TPSA) is 35.6 Å². The molecule has 0 atom stereocenters. The van der Waals surface area contributed by atoms with Crippen LogP contribution in [0.2, 0.25) is 0 Å². The Bertz CT molecular complexity index is 864. The Morgan fingerprint density at radius 3 is 2.38 bits per heavy atom. The number of rotatable bonds is 5. The number of carbonyl (C=O) groups is 1. The second-order valence-electron chi connectivity index (χ2n) is 7.04.